The van der Waals surface area contributed by atoms with Gasteiger partial charge in [0.1, 0.15) is 0 Å². The van der Waals surface area contributed by atoms with Gasteiger partial charge in [-0.2, -0.15) is 17.9 Å². The van der Waals surface area contributed by atoms with Crippen LogP contribution < -0.4 is 0 Å². The van der Waals surface area contributed by atoms with E-state index in [1.165, 1.54) is 17.8 Å². The summed E-state index contributed by atoms with van der Waals surface area (Å²) in [6.45, 7) is 3.93. The number of thioether (sulfide) groups is 1. The molecule has 0 radical (unpaired) electrons. The van der Waals surface area contributed by atoms with Crippen molar-refractivity contribution in [3.8, 4) is 5.69 Å². The Balaban J connectivity index is 1.82. The molecule has 1 heterocycles. The van der Waals surface area contributed by atoms with Crippen LogP contribution in [-0.4, -0.2) is 20.2 Å². The summed E-state index contributed by atoms with van der Waals surface area (Å²) in [5.41, 5.74) is 2.86. The molecule has 0 saturated heterocycles. The Bertz CT molecular complexity index is 890. The number of aromatic nitrogens is 4. The molecule has 8 heteroatoms. The highest BCUT2D eigenvalue weighted by Gasteiger charge is 2.30. The minimum Gasteiger partial charge on any atom is -0.187 e. The van der Waals surface area contributed by atoms with Gasteiger partial charge < -0.3 is 0 Å². The number of hydrogen-bond acceptors (Lipinski definition) is 4. The molecule has 0 aliphatic heterocycles. The predicted octanol–water partition coefficient (Wildman–Crippen LogP) is 4.59. The van der Waals surface area contributed by atoms with Gasteiger partial charge in [0.25, 0.3) is 0 Å². The van der Waals surface area contributed by atoms with Gasteiger partial charge in [-0.3, -0.25) is 0 Å². The molecule has 0 saturated carbocycles. The van der Waals surface area contributed by atoms with E-state index < -0.39 is 11.7 Å². The minimum absolute atomic E-state index is 0.342. The fraction of sp³-hybridized carbons (Fsp3) is 0.235. The van der Waals surface area contributed by atoms with Crippen molar-refractivity contribution in [1.82, 2.24) is 20.2 Å². The number of aryl methyl sites for hydroxylation is 2. The van der Waals surface area contributed by atoms with Gasteiger partial charge in [0.2, 0.25) is 5.16 Å². The number of alkyl halides is 3. The van der Waals surface area contributed by atoms with Gasteiger partial charge in [-0.15, -0.1) is 5.10 Å². The van der Waals surface area contributed by atoms with E-state index in [0.717, 1.165) is 28.9 Å². The van der Waals surface area contributed by atoms with Crippen molar-refractivity contribution in [2.75, 3.05) is 0 Å². The van der Waals surface area contributed by atoms with Crippen molar-refractivity contribution in [1.29, 1.82) is 0 Å². The zero-order valence-corrected chi connectivity index (χ0v) is 14.4. The van der Waals surface area contributed by atoms with Gasteiger partial charge in [-0.25, -0.2) is 0 Å². The van der Waals surface area contributed by atoms with Crippen molar-refractivity contribution in [2.45, 2.75) is 30.9 Å². The van der Waals surface area contributed by atoms with Crippen LogP contribution in [0, 0.1) is 13.8 Å². The summed E-state index contributed by atoms with van der Waals surface area (Å²) in [5, 5.41) is 12.2. The number of rotatable bonds is 4. The molecular weight excluding hydrogens is 349 g/mol. The molecule has 2 aromatic carbocycles. The molecule has 130 valence electrons. The lowest BCUT2D eigenvalue weighted by Gasteiger charge is -2.10. The third kappa shape index (κ3) is 4.01. The number of halogens is 3. The van der Waals surface area contributed by atoms with Gasteiger partial charge >= 0.3 is 6.18 Å². The zero-order chi connectivity index (χ0) is 18.0. The lowest BCUT2D eigenvalue weighted by molar-refractivity contribution is -0.137. The standard InChI is InChI=1S/C17H15F3N4S/c1-11-6-7-12(2)15(8-11)24-16(21-22-23-24)25-10-13-4-3-5-14(9-13)17(18,19)20/h3-9H,10H2,1-2H3. The van der Waals surface area contributed by atoms with Crippen LogP contribution in [0.1, 0.15) is 22.3 Å². The first-order valence-corrected chi connectivity index (χ1v) is 8.48. The molecule has 0 unspecified atom stereocenters. The van der Waals surface area contributed by atoms with Crippen molar-refractivity contribution >= 4 is 11.8 Å². The maximum absolute atomic E-state index is 12.8. The third-order valence-corrected chi connectivity index (χ3v) is 4.65. The Hall–Kier alpha value is -2.35. The number of tetrazole rings is 1. The SMILES string of the molecule is Cc1ccc(C)c(-n2nnnc2SCc2cccc(C(F)(F)F)c2)c1. The van der Waals surface area contributed by atoms with E-state index in [9.17, 15) is 13.2 Å². The molecule has 0 spiro atoms. The van der Waals surface area contributed by atoms with Gasteiger partial charge in [-0.1, -0.05) is 42.1 Å². The predicted molar refractivity (Wildman–Crippen MR) is 89.6 cm³/mol. The van der Waals surface area contributed by atoms with Crippen LogP contribution in [0.5, 0.6) is 0 Å². The molecule has 0 N–H and O–H groups in total. The highest BCUT2D eigenvalue weighted by atomic mass is 32.2. The first kappa shape index (κ1) is 17.5. The molecule has 0 atom stereocenters. The molecule has 0 fully saturated rings. The Morgan fingerprint density at radius 3 is 2.64 bits per heavy atom. The summed E-state index contributed by atoms with van der Waals surface area (Å²) < 4.78 is 40.0. The van der Waals surface area contributed by atoms with E-state index in [1.807, 2.05) is 32.0 Å². The lowest BCUT2D eigenvalue weighted by atomic mass is 10.1. The highest BCUT2D eigenvalue weighted by molar-refractivity contribution is 7.98. The second kappa shape index (κ2) is 6.87. The monoisotopic (exact) mass is 364 g/mol. The number of hydrogen-bond donors (Lipinski definition) is 0. The second-order valence-electron chi connectivity index (χ2n) is 5.65. The summed E-state index contributed by atoms with van der Waals surface area (Å²) in [4.78, 5) is 0. The fourth-order valence-corrected chi connectivity index (χ4v) is 3.18. The van der Waals surface area contributed by atoms with Crippen molar-refractivity contribution in [2.24, 2.45) is 0 Å². The Kier molecular flexibility index (Phi) is 4.80. The summed E-state index contributed by atoms with van der Waals surface area (Å²) >= 11 is 1.30. The average molecular weight is 364 g/mol. The number of nitrogens with zero attached hydrogens (tertiary/aromatic N) is 4. The molecule has 0 aliphatic rings. The lowest BCUT2D eigenvalue weighted by Crippen LogP contribution is -2.05. The van der Waals surface area contributed by atoms with Crippen LogP contribution in [-0.2, 0) is 11.9 Å². The molecule has 0 aliphatic carbocycles. The van der Waals surface area contributed by atoms with E-state index in [0.29, 0.717) is 16.5 Å². The molecule has 4 nitrogen and oxygen atoms in total. The van der Waals surface area contributed by atoms with Crippen molar-refractivity contribution in [3.05, 3.63) is 64.7 Å². The van der Waals surface area contributed by atoms with E-state index in [-0.39, 0.29) is 0 Å². The summed E-state index contributed by atoms with van der Waals surface area (Å²) in [6.07, 6.45) is -4.35. The molecular formula is C17H15F3N4S. The van der Waals surface area contributed by atoms with E-state index in [4.69, 9.17) is 0 Å². The highest BCUT2D eigenvalue weighted by Crippen LogP contribution is 2.31. The van der Waals surface area contributed by atoms with Crippen molar-refractivity contribution < 1.29 is 13.2 Å². The first-order valence-electron chi connectivity index (χ1n) is 7.49. The maximum Gasteiger partial charge on any atom is 0.416 e. The molecule has 25 heavy (non-hydrogen) atoms. The summed E-state index contributed by atoms with van der Waals surface area (Å²) in [5.74, 6) is 0.342. The van der Waals surface area contributed by atoms with Crippen LogP contribution in [0.2, 0.25) is 0 Å². The van der Waals surface area contributed by atoms with E-state index in [1.54, 1.807) is 10.7 Å². The first-order chi connectivity index (χ1) is 11.8. The Morgan fingerprint density at radius 1 is 1.08 bits per heavy atom. The average Bonchev–Trinajstić information content (AvgIpc) is 3.03. The molecule has 0 bridgehead atoms. The summed E-state index contributed by atoms with van der Waals surface area (Å²) in [7, 11) is 0. The van der Waals surface area contributed by atoms with Gasteiger partial charge in [0.15, 0.2) is 0 Å². The zero-order valence-electron chi connectivity index (χ0n) is 13.6. The normalized spacial score (nSPS) is 11.7. The van der Waals surface area contributed by atoms with Gasteiger partial charge in [-0.05, 0) is 53.1 Å². The Morgan fingerprint density at radius 2 is 1.88 bits per heavy atom. The molecule has 0 amide bonds. The second-order valence-corrected chi connectivity index (χ2v) is 6.59. The van der Waals surface area contributed by atoms with Crippen LogP contribution in [0.4, 0.5) is 13.2 Å². The quantitative estimate of drug-likeness (QED) is 0.635. The number of benzene rings is 2. The Labute approximate surface area is 147 Å². The van der Waals surface area contributed by atoms with Crippen LogP contribution in [0.15, 0.2) is 47.6 Å². The van der Waals surface area contributed by atoms with Gasteiger partial charge in [0.05, 0.1) is 11.3 Å². The molecule has 3 aromatic rings. The van der Waals surface area contributed by atoms with Crippen molar-refractivity contribution in [3.63, 3.8) is 0 Å². The topological polar surface area (TPSA) is 43.6 Å². The fourth-order valence-electron chi connectivity index (χ4n) is 2.35. The molecule has 1 aromatic heterocycles. The smallest absolute Gasteiger partial charge is 0.187 e. The van der Waals surface area contributed by atoms with Crippen LogP contribution >= 0.6 is 11.8 Å². The van der Waals surface area contributed by atoms with Crippen LogP contribution in [0.3, 0.4) is 0 Å². The molecule has 3 rings (SSSR count). The van der Waals surface area contributed by atoms with Gasteiger partial charge in [0, 0.05) is 5.75 Å². The maximum atomic E-state index is 12.8. The van der Waals surface area contributed by atoms with E-state index in [2.05, 4.69) is 15.5 Å². The largest absolute Gasteiger partial charge is 0.416 e. The minimum atomic E-state index is -4.35. The summed E-state index contributed by atoms with van der Waals surface area (Å²) in [6, 6.07) is 11.2. The third-order valence-electron chi connectivity index (χ3n) is 3.66. The van der Waals surface area contributed by atoms with E-state index >= 15 is 0 Å². The van der Waals surface area contributed by atoms with Crippen LogP contribution in [0.25, 0.3) is 5.69 Å².